The Bertz CT molecular complexity index is 534. The zero-order valence-electron chi connectivity index (χ0n) is 15.9. The van der Waals surface area contributed by atoms with Gasteiger partial charge in [-0.05, 0) is 71.3 Å². The molecule has 1 aromatic carbocycles. The van der Waals surface area contributed by atoms with Crippen LogP contribution in [0.3, 0.4) is 0 Å². The Kier molecular flexibility index (Phi) is 7.26. The highest BCUT2D eigenvalue weighted by Crippen LogP contribution is 2.26. The second-order valence-electron chi connectivity index (χ2n) is 7.51. The molecule has 1 aliphatic rings. The molecule has 5 nitrogen and oxygen atoms in total. The Hall–Kier alpha value is -1.59. The summed E-state index contributed by atoms with van der Waals surface area (Å²) >= 11 is 0. The van der Waals surface area contributed by atoms with Crippen molar-refractivity contribution in [1.82, 2.24) is 10.2 Å². The van der Waals surface area contributed by atoms with E-state index in [-0.39, 0.29) is 18.1 Å². The number of benzene rings is 1. The fraction of sp³-hybridized carbons (Fsp3) is 0.650. The molecule has 0 spiro atoms. The third-order valence-electron chi connectivity index (χ3n) is 4.94. The molecule has 0 heterocycles. The Morgan fingerprint density at radius 1 is 1.20 bits per heavy atom. The smallest absolute Gasteiger partial charge is 0.306 e. The predicted molar refractivity (Wildman–Crippen MR) is 100 cm³/mol. The quantitative estimate of drug-likeness (QED) is 0.755. The molecule has 1 fully saturated rings. The van der Waals surface area contributed by atoms with Crippen molar-refractivity contribution in [3.05, 3.63) is 29.8 Å². The van der Waals surface area contributed by atoms with Gasteiger partial charge in [-0.3, -0.25) is 4.79 Å². The van der Waals surface area contributed by atoms with Gasteiger partial charge in [0, 0.05) is 18.6 Å². The Morgan fingerprint density at radius 2 is 1.80 bits per heavy atom. The predicted octanol–water partition coefficient (Wildman–Crippen LogP) is 3.31. The molecule has 25 heavy (non-hydrogen) atoms. The zero-order valence-corrected chi connectivity index (χ0v) is 15.9. The fourth-order valence-electron chi connectivity index (χ4n) is 3.46. The highest BCUT2D eigenvalue weighted by molar-refractivity contribution is 5.70. The van der Waals surface area contributed by atoms with E-state index in [2.05, 4.69) is 36.4 Å². The van der Waals surface area contributed by atoms with Crippen molar-refractivity contribution < 1.29 is 14.6 Å². The molecule has 5 heteroatoms. The number of nitrogens with zero attached hydrogens (tertiary/aromatic N) is 1. The van der Waals surface area contributed by atoms with Crippen molar-refractivity contribution in [3.8, 4) is 5.75 Å². The Labute approximate surface area is 151 Å². The summed E-state index contributed by atoms with van der Waals surface area (Å²) < 4.78 is 5.72. The van der Waals surface area contributed by atoms with Crippen LogP contribution in [0.4, 0.5) is 0 Å². The van der Waals surface area contributed by atoms with Crippen LogP contribution in [-0.4, -0.2) is 48.8 Å². The fourth-order valence-corrected chi connectivity index (χ4v) is 3.46. The van der Waals surface area contributed by atoms with Gasteiger partial charge in [-0.25, -0.2) is 0 Å². The molecule has 1 aliphatic carbocycles. The van der Waals surface area contributed by atoms with Gasteiger partial charge in [-0.15, -0.1) is 0 Å². The molecule has 0 amide bonds. The average Bonchev–Trinajstić information content (AvgIpc) is 2.56. The second kappa shape index (κ2) is 9.20. The number of carboxylic acids is 1. The van der Waals surface area contributed by atoms with Gasteiger partial charge in [0.1, 0.15) is 5.75 Å². The van der Waals surface area contributed by atoms with Gasteiger partial charge in [0.15, 0.2) is 0 Å². The van der Waals surface area contributed by atoms with Gasteiger partial charge in [0.2, 0.25) is 0 Å². The number of hydrogen-bond donors (Lipinski definition) is 2. The summed E-state index contributed by atoms with van der Waals surface area (Å²) in [4.78, 5) is 13.3. The van der Waals surface area contributed by atoms with Gasteiger partial charge in [0.25, 0.3) is 0 Å². The molecule has 1 atom stereocenters. The highest BCUT2D eigenvalue weighted by atomic mass is 16.5. The van der Waals surface area contributed by atoms with Crippen LogP contribution in [0.5, 0.6) is 5.75 Å². The van der Waals surface area contributed by atoms with Gasteiger partial charge in [0.05, 0.1) is 12.0 Å². The van der Waals surface area contributed by atoms with Crippen LogP contribution in [0, 0.1) is 5.92 Å². The largest absolute Gasteiger partial charge is 0.491 e. The van der Waals surface area contributed by atoms with Crippen molar-refractivity contribution in [3.63, 3.8) is 0 Å². The summed E-state index contributed by atoms with van der Waals surface area (Å²) in [5.74, 6) is 0.0979. The summed E-state index contributed by atoms with van der Waals surface area (Å²) in [7, 11) is 4.18. The Morgan fingerprint density at radius 3 is 2.28 bits per heavy atom. The van der Waals surface area contributed by atoms with E-state index < -0.39 is 5.97 Å². The van der Waals surface area contributed by atoms with Crippen molar-refractivity contribution in [1.29, 1.82) is 0 Å². The maximum Gasteiger partial charge on any atom is 0.306 e. The average molecular weight is 348 g/mol. The van der Waals surface area contributed by atoms with Crippen molar-refractivity contribution in [2.75, 3.05) is 20.6 Å². The van der Waals surface area contributed by atoms with Crippen LogP contribution in [0.1, 0.15) is 51.1 Å². The summed E-state index contributed by atoms with van der Waals surface area (Å²) in [6.45, 7) is 4.92. The van der Waals surface area contributed by atoms with Crippen molar-refractivity contribution >= 4 is 5.97 Å². The molecule has 1 aromatic rings. The lowest BCUT2D eigenvalue weighted by Crippen LogP contribution is -2.39. The minimum absolute atomic E-state index is 0.156. The number of carboxylic acid groups (broad SMARTS) is 1. The maximum atomic E-state index is 11.1. The highest BCUT2D eigenvalue weighted by Gasteiger charge is 2.26. The van der Waals surface area contributed by atoms with Gasteiger partial charge < -0.3 is 20.1 Å². The van der Waals surface area contributed by atoms with Gasteiger partial charge in [-0.1, -0.05) is 12.1 Å². The van der Waals surface area contributed by atoms with E-state index in [0.717, 1.165) is 38.0 Å². The van der Waals surface area contributed by atoms with E-state index in [1.54, 1.807) is 0 Å². The summed E-state index contributed by atoms with van der Waals surface area (Å²) in [6.07, 6.45) is 3.62. The van der Waals surface area contributed by atoms with Gasteiger partial charge >= 0.3 is 5.97 Å². The van der Waals surface area contributed by atoms with Gasteiger partial charge in [-0.2, -0.15) is 0 Å². The van der Waals surface area contributed by atoms with Crippen molar-refractivity contribution in [2.45, 2.75) is 57.7 Å². The molecule has 0 aromatic heterocycles. The first-order chi connectivity index (χ1) is 11.9. The molecule has 2 N–H and O–H groups in total. The molecule has 140 valence electrons. The lowest BCUT2D eigenvalue weighted by atomic mass is 9.86. The normalized spacial score (nSPS) is 22.2. The van der Waals surface area contributed by atoms with E-state index in [1.807, 2.05) is 26.0 Å². The lowest BCUT2D eigenvalue weighted by molar-refractivity contribution is -0.142. The molecule has 0 aliphatic heterocycles. The number of nitrogens with one attached hydrogen (secondary N) is 1. The number of ether oxygens (including phenoxy) is 1. The van der Waals surface area contributed by atoms with Crippen LogP contribution in [-0.2, 0) is 4.79 Å². The van der Waals surface area contributed by atoms with Crippen LogP contribution in [0.2, 0.25) is 0 Å². The first-order valence-electron chi connectivity index (χ1n) is 9.26. The molecular formula is C20H32N2O3. The van der Waals surface area contributed by atoms with Crippen LogP contribution >= 0.6 is 0 Å². The first kappa shape index (κ1) is 19.7. The monoisotopic (exact) mass is 348 g/mol. The van der Waals surface area contributed by atoms with Crippen LogP contribution < -0.4 is 10.1 Å². The topological polar surface area (TPSA) is 61.8 Å². The summed E-state index contributed by atoms with van der Waals surface area (Å²) in [5, 5.41) is 12.7. The third-order valence-corrected chi connectivity index (χ3v) is 4.94. The number of likely N-dealkylation sites (N-methyl/N-ethyl adjacent to an activating group) is 1. The molecule has 2 rings (SSSR count). The summed E-state index contributed by atoms with van der Waals surface area (Å²) in [6, 6.07) is 9.02. The first-order valence-corrected chi connectivity index (χ1v) is 9.26. The molecule has 0 saturated heterocycles. The van der Waals surface area contributed by atoms with Crippen LogP contribution in [0.25, 0.3) is 0 Å². The van der Waals surface area contributed by atoms with Crippen molar-refractivity contribution in [2.24, 2.45) is 5.92 Å². The SMILES string of the molecule is CC(C)Oc1ccc(C(CNC2CCC(C(=O)O)CC2)N(C)C)cc1. The maximum absolute atomic E-state index is 11.1. The summed E-state index contributed by atoms with van der Waals surface area (Å²) in [5.41, 5.74) is 1.26. The lowest BCUT2D eigenvalue weighted by Gasteiger charge is -2.31. The number of rotatable bonds is 8. The minimum atomic E-state index is -0.645. The van der Waals surface area contributed by atoms with E-state index >= 15 is 0 Å². The molecule has 0 radical (unpaired) electrons. The van der Waals surface area contributed by atoms with E-state index in [0.29, 0.717) is 6.04 Å². The molecule has 1 unspecified atom stereocenters. The zero-order chi connectivity index (χ0) is 18.4. The number of hydrogen-bond acceptors (Lipinski definition) is 4. The Balaban J connectivity index is 1.90. The second-order valence-corrected chi connectivity index (χ2v) is 7.51. The third kappa shape index (κ3) is 6.01. The van der Waals surface area contributed by atoms with E-state index in [9.17, 15) is 4.79 Å². The standard InChI is InChI=1S/C20H32N2O3/c1-14(2)25-18-11-7-15(8-12-18)19(22(3)4)13-21-17-9-5-16(6-10-17)20(23)24/h7-8,11-12,14,16-17,19,21H,5-6,9-10,13H2,1-4H3,(H,23,24). The van der Waals surface area contributed by atoms with Crippen LogP contribution in [0.15, 0.2) is 24.3 Å². The molecule has 0 bridgehead atoms. The number of carbonyl (C=O) groups is 1. The molecular weight excluding hydrogens is 316 g/mol. The number of aliphatic carboxylic acids is 1. The van der Waals surface area contributed by atoms with E-state index in [4.69, 9.17) is 9.84 Å². The minimum Gasteiger partial charge on any atom is -0.491 e. The molecule has 1 saturated carbocycles. The van der Waals surface area contributed by atoms with E-state index in [1.165, 1.54) is 5.56 Å².